The lowest BCUT2D eigenvalue weighted by Crippen LogP contribution is -2.23. The van der Waals surface area contributed by atoms with Gasteiger partial charge in [-0.2, -0.15) is 0 Å². The van der Waals surface area contributed by atoms with Crippen LogP contribution in [0.25, 0.3) is 6.08 Å². The Hall–Kier alpha value is -1.77. The fraction of sp³-hybridized carbons (Fsp3) is 0.357. The number of para-hydroxylation sites is 1. The Morgan fingerprint density at radius 3 is 2.82 bits per heavy atom. The van der Waals surface area contributed by atoms with Gasteiger partial charge < -0.3 is 9.84 Å². The molecule has 0 heterocycles. The number of carbonyl (C=O) groups is 1. The molecule has 1 N–H and O–H groups in total. The van der Waals surface area contributed by atoms with Crippen molar-refractivity contribution in [3.63, 3.8) is 0 Å². The number of aliphatic carboxylic acids is 1. The average Bonchev–Trinajstić information content (AvgIpc) is 3.11. The second kappa shape index (κ2) is 5.04. The van der Waals surface area contributed by atoms with Crippen LogP contribution >= 0.6 is 0 Å². The lowest BCUT2D eigenvalue weighted by Gasteiger charge is -2.12. The number of benzene rings is 1. The topological polar surface area (TPSA) is 46.5 Å². The highest BCUT2D eigenvalue weighted by molar-refractivity contribution is 5.72. The van der Waals surface area contributed by atoms with E-state index < -0.39 is 12.1 Å². The molecule has 3 nitrogen and oxygen atoms in total. The van der Waals surface area contributed by atoms with Crippen LogP contribution in [0.5, 0.6) is 5.75 Å². The minimum Gasteiger partial charge on any atom is -0.479 e. The fourth-order valence-electron chi connectivity index (χ4n) is 1.49. The Morgan fingerprint density at radius 2 is 2.18 bits per heavy atom. The standard InChI is InChI=1S/C14H16O3/c1-10(14(15)16)17-13-5-3-2-4-12(13)9-8-11-6-7-11/h2-5,8-11H,6-7H2,1H3,(H,15,16)/b9-8+. The Labute approximate surface area is 101 Å². The summed E-state index contributed by atoms with van der Waals surface area (Å²) in [6.07, 6.45) is 5.86. The van der Waals surface area contributed by atoms with Gasteiger partial charge in [-0.05, 0) is 31.7 Å². The van der Waals surface area contributed by atoms with E-state index in [0.717, 1.165) is 5.56 Å². The molecule has 1 aromatic carbocycles. The van der Waals surface area contributed by atoms with E-state index in [-0.39, 0.29) is 0 Å². The lowest BCUT2D eigenvalue weighted by molar-refractivity contribution is -0.144. The molecule has 0 spiro atoms. The summed E-state index contributed by atoms with van der Waals surface area (Å²) in [7, 11) is 0. The van der Waals surface area contributed by atoms with Gasteiger partial charge in [0.05, 0.1) is 0 Å². The van der Waals surface area contributed by atoms with Crippen LogP contribution in [0.3, 0.4) is 0 Å². The zero-order valence-corrected chi connectivity index (χ0v) is 9.80. The lowest BCUT2D eigenvalue weighted by atomic mass is 10.1. The van der Waals surface area contributed by atoms with Crippen LogP contribution in [0.15, 0.2) is 30.3 Å². The van der Waals surface area contributed by atoms with E-state index in [4.69, 9.17) is 9.84 Å². The van der Waals surface area contributed by atoms with Gasteiger partial charge >= 0.3 is 5.97 Å². The molecule has 90 valence electrons. The molecule has 2 rings (SSSR count). The summed E-state index contributed by atoms with van der Waals surface area (Å²) < 4.78 is 5.41. The number of carboxylic acids is 1. The van der Waals surface area contributed by atoms with Crippen LogP contribution in [0.4, 0.5) is 0 Å². The summed E-state index contributed by atoms with van der Waals surface area (Å²) >= 11 is 0. The molecule has 0 radical (unpaired) electrons. The first kappa shape index (κ1) is 11.7. The molecule has 0 bridgehead atoms. The third-order valence-electron chi connectivity index (χ3n) is 2.74. The summed E-state index contributed by atoms with van der Waals surface area (Å²) in [5, 5.41) is 8.82. The van der Waals surface area contributed by atoms with Crippen molar-refractivity contribution in [1.29, 1.82) is 0 Å². The van der Waals surface area contributed by atoms with Gasteiger partial charge in [0.2, 0.25) is 0 Å². The molecule has 0 amide bonds. The van der Waals surface area contributed by atoms with Gasteiger partial charge in [-0.3, -0.25) is 0 Å². The van der Waals surface area contributed by atoms with E-state index in [0.29, 0.717) is 11.7 Å². The van der Waals surface area contributed by atoms with Crippen molar-refractivity contribution >= 4 is 12.0 Å². The first-order chi connectivity index (χ1) is 8.16. The number of rotatable bonds is 5. The number of carboxylic acid groups (broad SMARTS) is 1. The molecule has 1 saturated carbocycles. The SMILES string of the molecule is CC(Oc1ccccc1/C=C/C1CC1)C(=O)O. The summed E-state index contributed by atoms with van der Waals surface area (Å²) in [5.74, 6) is 0.366. The van der Waals surface area contributed by atoms with Crippen LogP contribution in [-0.4, -0.2) is 17.2 Å². The van der Waals surface area contributed by atoms with Crippen LogP contribution in [0.2, 0.25) is 0 Å². The zero-order valence-electron chi connectivity index (χ0n) is 9.80. The minimum atomic E-state index is -0.953. The van der Waals surface area contributed by atoms with Gasteiger partial charge in [0.1, 0.15) is 5.75 Å². The van der Waals surface area contributed by atoms with Gasteiger partial charge in [-0.15, -0.1) is 0 Å². The quantitative estimate of drug-likeness (QED) is 0.849. The molecule has 1 aliphatic carbocycles. The Kier molecular flexibility index (Phi) is 3.47. The van der Waals surface area contributed by atoms with E-state index in [1.807, 2.05) is 24.3 Å². The summed E-state index contributed by atoms with van der Waals surface area (Å²) in [4.78, 5) is 10.7. The number of ether oxygens (including phenoxy) is 1. The second-order valence-corrected chi connectivity index (χ2v) is 4.33. The molecule has 0 saturated heterocycles. The highest BCUT2D eigenvalue weighted by Crippen LogP contribution is 2.32. The average molecular weight is 232 g/mol. The van der Waals surface area contributed by atoms with Crippen molar-refractivity contribution in [3.05, 3.63) is 35.9 Å². The fourth-order valence-corrected chi connectivity index (χ4v) is 1.49. The van der Waals surface area contributed by atoms with E-state index in [9.17, 15) is 4.79 Å². The van der Waals surface area contributed by atoms with Crippen molar-refractivity contribution in [2.24, 2.45) is 5.92 Å². The van der Waals surface area contributed by atoms with Crippen molar-refractivity contribution in [2.75, 3.05) is 0 Å². The molecule has 1 aliphatic rings. The van der Waals surface area contributed by atoms with Crippen LogP contribution < -0.4 is 4.74 Å². The Bertz CT molecular complexity index is 433. The van der Waals surface area contributed by atoms with E-state index in [1.165, 1.54) is 19.8 Å². The number of hydrogen-bond donors (Lipinski definition) is 1. The van der Waals surface area contributed by atoms with Crippen molar-refractivity contribution in [2.45, 2.75) is 25.9 Å². The zero-order chi connectivity index (χ0) is 12.3. The third kappa shape index (κ3) is 3.34. The first-order valence-electron chi connectivity index (χ1n) is 5.83. The molecule has 1 fully saturated rings. The molecule has 1 aromatic rings. The van der Waals surface area contributed by atoms with Gasteiger partial charge in [0.15, 0.2) is 6.10 Å². The maximum atomic E-state index is 10.7. The second-order valence-electron chi connectivity index (χ2n) is 4.33. The van der Waals surface area contributed by atoms with Crippen molar-refractivity contribution in [1.82, 2.24) is 0 Å². The molecule has 1 atom stereocenters. The molecule has 3 heteroatoms. The summed E-state index contributed by atoms with van der Waals surface area (Å²) in [5.41, 5.74) is 0.938. The van der Waals surface area contributed by atoms with Crippen molar-refractivity contribution < 1.29 is 14.6 Å². The van der Waals surface area contributed by atoms with E-state index in [1.54, 1.807) is 6.07 Å². The van der Waals surface area contributed by atoms with Gasteiger partial charge in [0.25, 0.3) is 0 Å². The normalized spacial score (nSPS) is 17.0. The highest BCUT2D eigenvalue weighted by Gasteiger charge is 2.18. The van der Waals surface area contributed by atoms with Gasteiger partial charge in [-0.25, -0.2) is 4.79 Å². The predicted octanol–water partition coefficient (Wildman–Crippen LogP) is 2.96. The molecule has 0 aromatic heterocycles. The molecular formula is C14H16O3. The van der Waals surface area contributed by atoms with E-state index in [2.05, 4.69) is 6.08 Å². The molecular weight excluding hydrogens is 216 g/mol. The summed E-state index contributed by atoms with van der Waals surface area (Å²) in [6.45, 7) is 1.53. The Morgan fingerprint density at radius 1 is 1.47 bits per heavy atom. The van der Waals surface area contributed by atoms with E-state index >= 15 is 0 Å². The third-order valence-corrected chi connectivity index (χ3v) is 2.74. The van der Waals surface area contributed by atoms with Gasteiger partial charge in [0, 0.05) is 5.56 Å². The maximum absolute atomic E-state index is 10.7. The molecule has 1 unspecified atom stereocenters. The van der Waals surface area contributed by atoms with Crippen molar-refractivity contribution in [3.8, 4) is 5.75 Å². The number of hydrogen-bond acceptors (Lipinski definition) is 2. The van der Waals surface area contributed by atoms with Crippen LogP contribution in [-0.2, 0) is 4.79 Å². The summed E-state index contributed by atoms with van der Waals surface area (Å²) in [6, 6.07) is 7.50. The first-order valence-corrected chi connectivity index (χ1v) is 5.83. The monoisotopic (exact) mass is 232 g/mol. The maximum Gasteiger partial charge on any atom is 0.344 e. The predicted molar refractivity (Wildman–Crippen MR) is 65.9 cm³/mol. The largest absolute Gasteiger partial charge is 0.479 e. The van der Waals surface area contributed by atoms with Crippen LogP contribution in [0, 0.1) is 5.92 Å². The number of allylic oxidation sites excluding steroid dienone is 1. The van der Waals surface area contributed by atoms with Gasteiger partial charge in [-0.1, -0.05) is 30.4 Å². The smallest absolute Gasteiger partial charge is 0.344 e. The highest BCUT2D eigenvalue weighted by atomic mass is 16.5. The molecule has 17 heavy (non-hydrogen) atoms. The Balaban J connectivity index is 2.11. The minimum absolute atomic E-state index is 0.624. The van der Waals surface area contributed by atoms with Crippen LogP contribution in [0.1, 0.15) is 25.3 Å². The molecule has 0 aliphatic heterocycles.